The molecule has 0 N–H and O–H groups in total. The molecule has 66 valence electrons. The fraction of sp³-hybridized carbons (Fsp3) is 0.0909. The van der Waals surface area contributed by atoms with Gasteiger partial charge in [0, 0.05) is 6.08 Å². The van der Waals surface area contributed by atoms with Crippen molar-refractivity contribution in [2.75, 3.05) is 0 Å². The van der Waals surface area contributed by atoms with Crippen LogP contribution in [0.25, 0.3) is 5.82 Å². The van der Waals surface area contributed by atoms with Crippen LogP contribution in [0.5, 0.6) is 0 Å². The predicted octanol–water partition coefficient (Wildman–Crippen LogP) is 2.05. The van der Waals surface area contributed by atoms with E-state index in [1.807, 2.05) is 48.2 Å². The molecule has 2 nitrogen and oxygen atoms in total. The first-order valence-electron chi connectivity index (χ1n) is 4.16. The van der Waals surface area contributed by atoms with Gasteiger partial charge >= 0.3 is 5.82 Å². The highest BCUT2D eigenvalue weighted by molar-refractivity contribution is 5.60. The number of aliphatic imine (C=N–C) groups is 1. The summed E-state index contributed by atoms with van der Waals surface area (Å²) in [5, 5.41) is 0. The van der Waals surface area contributed by atoms with Gasteiger partial charge in [-0.25, -0.2) is 4.57 Å². The van der Waals surface area contributed by atoms with Crippen molar-refractivity contribution in [1.29, 1.82) is 0 Å². The molecule has 0 spiro atoms. The number of nitrogens with zero attached hydrogens (tertiary/aromatic N) is 2. The van der Waals surface area contributed by atoms with Gasteiger partial charge in [0.25, 0.3) is 0 Å². The second kappa shape index (κ2) is 5.04. The minimum Gasteiger partial charge on any atom is -0.203 e. The standard InChI is InChI=1S/C11H13N2/c1-3-8-11(12-4-2)13-9-6-5-7-10-13/h3-10H,1H2,2H3/q+1/b11-8+,12-4-. The molecule has 0 aliphatic rings. The molecule has 0 aliphatic carbocycles. The van der Waals surface area contributed by atoms with Crippen LogP contribution in [0, 0.1) is 0 Å². The molecule has 2 heteroatoms. The van der Waals surface area contributed by atoms with Gasteiger partial charge in [0.15, 0.2) is 0 Å². The van der Waals surface area contributed by atoms with Gasteiger partial charge in [-0.15, -0.1) is 0 Å². The monoisotopic (exact) mass is 173 g/mol. The van der Waals surface area contributed by atoms with E-state index in [0.29, 0.717) is 0 Å². The van der Waals surface area contributed by atoms with Crippen LogP contribution in [0.2, 0.25) is 0 Å². The average Bonchev–Trinajstić information content (AvgIpc) is 2.19. The van der Waals surface area contributed by atoms with Gasteiger partial charge in [-0.05, 0) is 19.1 Å². The van der Waals surface area contributed by atoms with E-state index in [9.17, 15) is 0 Å². The van der Waals surface area contributed by atoms with E-state index in [2.05, 4.69) is 11.6 Å². The molecule has 0 atom stereocenters. The molecular formula is C11H13N2+. The largest absolute Gasteiger partial charge is 0.326 e. The molecular weight excluding hydrogens is 160 g/mol. The molecule has 1 aromatic rings. The molecule has 1 heterocycles. The van der Waals surface area contributed by atoms with Gasteiger partial charge in [0.2, 0.25) is 0 Å². The number of aromatic nitrogens is 1. The van der Waals surface area contributed by atoms with Crippen LogP contribution in [0.1, 0.15) is 6.92 Å². The normalized spacial score (nSPS) is 11.9. The summed E-state index contributed by atoms with van der Waals surface area (Å²) in [6, 6.07) is 5.89. The topological polar surface area (TPSA) is 16.2 Å². The number of rotatable bonds is 3. The highest BCUT2D eigenvalue weighted by atomic mass is 15.1. The molecule has 0 aliphatic heterocycles. The Morgan fingerprint density at radius 2 is 2.00 bits per heavy atom. The van der Waals surface area contributed by atoms with E-state index in [-0.39, 0.29) is 0 Å². The zero-order valence-electron chi connectivity index (χ0n) is 7.72. The van der Waals surface area contributed by atoms with Crippen LogP contribution < -0.4 is 4.57 Å². The van der Waals surface area contributed by atoms with Crippen molar-refractivity contribution >= 4 is 12.0 Å². The van der Waals surface area contributed by atoms with Gasteiger partial charge in [-0.2, -0.15) is 0 Å². The number of hydrogen-bond acceptors (Lipinski definition) is 1. The van der Waals surface area contributed by atoms with Gasteiger partial charge in [-0.1, -0.05) is 23.7 Å². The van der Waals surface area contributed by atoms with E-state index < -0.39 is 0 Å². The molecule has 1 rings (SSSR count). The van der Waals surface area contributed by atoms with Crippen LogP contribution >= 0.6 is 0 Å². The van der Waals surface area contributed by atoms with Crippen molar-refractivity contribution in [2.24, 2.45) is 4.99 Å². The van der Waals surface area contributed by atoms with Crippen LogP contribution in [0.3, 0.4) is 0 Å². The third-order valence-corrected chi connectivity index (χ3v) is 1.51. The minimum absolute atomic E-state index is 0.859. The van der Waals surface area contributed by atoms with Gasteiger partial charge in [-0.3, -0.25) is 0 Å². The smallest absolute Gasteiger partial charge is 0.203 e. The van der Waals surface area contributed by atoms with Crippen molar-refractivity contribution < 1.29 is 4.57 Å². The van der Waals surface area contributed by atoms with E-state index in [1.165, 1.54) is 0 Å². The summed E-state index contributed by atoms with van der Waals surface area (Å²) in [5.74, 6) is 0.859. The zero-order chi connectivity index (χ0) is 9.52. The Kier molecular flexibility index (Phi) is 3.64. The van der Waals surface area contributed by atoms with Crippen LogP contribution in [0.15, 0.2) is 54.3 Å². The first kappa shape index (κ1) is 9.39. The van der Waals surface area contributed by atoms with Crippen molar-refractivity contribution in [3.8, 4) is 0 Å². The van der Waals surface area contributed by atoms with Crippen LogP contribution in [-0.2, 0) is 0 Å². The van der Waals surface area contributed by atoms with E-state index in [1.54, 1.807) is 12.3 Å². The molecule has 0 fully saturated rings. The average molecular weight is 173 g/mol. The molecule has 0 radical (unpaired) electrons. The number of pyridine rings is 1. The van der Waals surface area contributed by atoms with Crippen LogP contribution in [-0.4, -0.2) is 6.21 Å². The molecule has 0 aromatic carbocycles. The summed E-state index contributed by atoms with van der Waals surface area (Å²) in [6.07, 6.45) is 9.24. The predicted molar refractivity (Wildman–Crippen MR) is 55.3 cm³/mol. The van der Waals surface area contributed by atoms with E-state index in [4.69, 9.17) is 0 Å². The highest BCUT2D eigenvalue weighted by Crippen LogP contribution is 1.94. The van der Waals surface area contributed by atoms with Crippen molar-refractivity contribution in [3.63, 3.8) is 0 Å². The fourth-order valence-corrected chi connectivity index (χ4v) is 0.985. The van der Waals surface area contributed by atoms with Gasteiger partial charge in [0.1, 0.15) is 6.21 Å². The van der Waals surface area contributed by atoms with E-state index in [0.717, 1.165) is 5.82 Å². The summed E-state index contributed by atoms with van der Waals surface area (Å²) >= 11 is 0. The second-order valence-electron chi connectivity index (χ2n) is 2.43. The Hall–Kier alpha value is -1.70. The first-order chi connectivity index (χ1) is 6.38. The molecule has 0 saturated heterocycles. The Bertz CT molecular complexity index is 323. The molecule has 1 aromatic heterocycles. The summed E-state index contributed by atoms with van der Waals surface area (Å²) in [4.78, 5) is 4.21. The van der Waals surface area contributed by atoms with Crippen molar-refractivity contribution in [3.05, 3.63) is 49.3 Å². The summed E-state index contributed by atoms with van der Waals surface area (Å²) in [7, 11) is 0. The maximum Gasteiger partial charge on any atom is 0.326 e. The maximum atomic E-state index is 4.21. The Morgan fingerprint density at radius 3 is 2.54 bits per heavy atom. The molecule has 13 heavy (non-hydrogen) atoms. The SMILES string of the molecule is C=C/C=C(\N=C/C)[n+]1ccccc1. The lowest BCUT2D eigenvalue weighted by molar-refractivity contribution is -0.582. The molecule has 0 bridgehead atoms. The zero-order valence-corrected chi connectivity index (χ0v) is 7.72. The van der Waals surface area contributed by atoms with Crippen molar-refractivity contribution in [2.45, 2.75) is 6.92 Å². The summed E-state index contributed by atoms with van der Waals surface area (Å²) in [5.41, 5.74) is 0. The van der Waals surface area contributed by atoms with Crippen LogP contribution in [0.4, 0.5) is 0 Å². The number of hydrogen-bond donors (Lipinski definition) is 0. The summed E-state index contributed by atoms with van der Waals surface area (Å²) in [6.45, 7) is 5.53. The van der Waals surface area contributed by atoms with Gasteiger partial charge < -0.3 is 0 Å². The second-order valence-corrected chi connectivity index (χ2v) is 2.43. The van der Waals surface area contributed by atoms with Gasteiger partial charge in [0.05, 0.1) is 12.4 Å². The third kappa shape index (κ3) is 2.67. The lowest BCUT2D eigenvalue weighted by Gasteiger charge is -1.93. The fourth-order valence-electron chi connectivity index (χ4n) is 0.985. The quantitative estimate of drug-likeness (QED) is 0.378. The number of allylic oxidation sites excluding steroid dienone is 2. The molecule has 0 unspecified atom stereocenters. The Labute approximate surface area is 78.6 Å². The highest BCUT2D eigenvalue weighted by Gasteiger charge is 2.03. The third-order valence-electron chi connectivity index (χ3n) is 1.51. The lowest BCUT2D eigenvalue weighted by atomic mass is 10.4. The maximum absolute atomic E-state index is 4.21. The lowest BCUT2D eigenvalue weighted by Crippen LogP contribution is -2.29. The Balaban J connectivity index is 3.03. The van der Waals surface area contributed by atoms with E-state index >= 15 is 0 Å². The van der Waals surface area contributed by atoms with Crippen molar-refractivity contribution in [1.82, 2.24) is 0 Å². The summed E-state index contributed by atoms with van der Waals surface area (Å²) < 4.78 is 1.93. The molecule has 0 amide bonds. The first-order valence-corrected chi connectivity index (χ1v) is 4.16. The Morgan fingerprint density at radius 1 is 1.31 bits per heavy atom. The minimum atomic E-state index is 0.859. The molecule has 0 saturated carbocycles.